The van der Waals surface area contributed by atoms with E-state index in [1.165, 1.54) is 5.56 Å². The van der Waals surface area contributed by atoms with Gasteiger partial charge in [0.15, 0.2) is 23.0 Å². The standard InChI is InChI=1S/C24H25N5O4/c25-12-18-11-19(17-2-4-21-23(10-17)33-15-31-21)27-24(26-18)29-7-5-28(6-8-29)13-16-1-3-20-22(9-16)32-14-30-20/h1-4,9-11H,5-8,12-15,25H2. The Labute approximate surface area is 191 Å². The van der Waals surface area contributed by atoms with Gasteiger partial charge in [0, 0.05) is 44.8 Å². The van der Waals surface area contributed by atoms with E-state index >= 15 is 0 Å². The number of rotatable bonds is 5. The normalized spacial score (nSPS) is 16.9. The fourth-order valence-corrected chi connectivity index (χ4v) is 4.34. The fourth-order valence-electron chi connectivity index (χ4n) is 4.34. The minimum absolute atomic E-state index is 0.248. The van der Waals surface area contributed by atoms with Crippen LogP contribution in [0.15, 0.2) is 42.5 Å². The van der Waals surface area contributed by atoms with Crippen molar-refractivity contribution >= 4 is 5.95 Å². The van der Waals surface area contributed by atoms with Crippen molar-refractivity contribution in [2.45, 2.75) is 13.1 Å². The van der Waals surface area contributed by atoms with Crippen molar-refractivity contribution in [1.29, 1.82) is 0 Å². The molecule has 9 nitrogen and oxygen atoms in total. The number of benzene rings is 2. The summed E-state index contributed by atoms with van der Waals surface area (Å²) in [5.74, 6) is 3.85. The molecule has 1 aromatic heterocycles. The van der Waals surface area contributed by atoms with Crippen molar-refractivity contribution in [1.82, 2.24) is 14.9 Å². The molecule has 0 amide bonds. The molecule has 0 atom stereocenters. The van der Waals surface area contributed by atoms with Crippen LogP contribution in [0.2, 0.25) is 0 Å². The smallest absolute Gasteiger partial charge is 0.231 e. The summed E-state index contributed by atoms with van der Waals surface area (Å²) in [6.07, 6.45) is 0. The molecule has 6 rings (SSSR count). The molecule has 1 fully saturated rings. The predicted octanol–water partition coefficient (Wildman–Crippen LogP) is 2.38. The number of hydrogen-bond acceptors (Lipinski definition) is 9. The third kappa shape index (κ3) is 4.01. The van der Waals surface area contributed by atoms with Crippen molar-refractivity contribution in [2.24, 2.45) is 5.73 Å². The molecule has 33 heavy (non-hydrogen) atoms. The summed E-state index contributed by atoms with van der Waals surface area (Å²) in [5, 5.41) is 0. The van der Waals surface area contributed by atoms with Crippen LogP contribution in [0.3, 0.4) is 0 Å². The van der Waals surface area contributed by atoms with Gasteiger partial charge in [-0.15, -0.1) is 0 Å². The van der Waals surface area contributed by atoms with E-state index in [0.717, 1.165) is 72.7 Å². The highest BCUT2D eigenvalue weighted by Crippen LogP contribution is 2.36. The van der Waals surface area contributed by atoms with E-state index in [0.29, 0.717) is 19.3 Å². The highest BCUT2D eigenvalue weighted by molar-refractivity contribution is 5.65. The molecular formula is C24H25N5O4. The van der Waals surface area contributed by atoms with E-state index in [2.05, 4.69) is 21.9 Å². The Balaban J connectivity index is 1.16. The number of aromatic nitrogens is 2. The van der Waals surface area contributed by atoms with E-state index in [-0.39, 0.29) is 6.79 Å². The number of ether oxygens (including phenoxy) is 4. The van der Waals surface area contributed by atoms with E-state index in [1.807, 2.05) is 30.3 Å². The molecule has 9 heteroatoms. The van der Waals surface area contributed by atoms with Gasteiger partial charge in [-0.05, 0) is 42.0 Å². The molecule has 3 aromatic rings. The highest BCUT2D eigenvalue weighted by Gasteiger charge is 2.22. The van der Waals surface area contributed by atoms with Crippen molar-refractivity contribution in [3.8, 4) is 34.3 Å². The lowest BCUT2D eigenvalue weighted by Gasteiger charge is -2.35. The van der Waals surface area contributed by atoms with Gasteiger partial charge in [0.05, 0.1) is 11.4 Å². The Morgan fingerprint density at radius 1 is 0.758 bits per heavy atom. The van der Waals surface area contributed by atoms with Crippen molar-refractivity contribution in [3.05, 3.63) is 53.7 Å². The van der Waals surface area contributed by atoms with Gasteiger partial charge in [-0.3, -0.25) is 4.90 Å². The highest BCUT2D eigenvalue weighted by atomic mass is 16.7. The second kappa shape index (κ2) is 8.42. The molecule has 0 radical (unpaired) electrons. The second-order valence-corrected chi connectivity index (χ2v) is 8.27. The van der Waals surface area contributed by atoms with Gasteiger partial charge in [-0.25, -0.2) is 9.97 Å². The lowest BCUT2D eigenvalue weighted by Crippen LogP contribution is -2.46. The molecule has 0 aliphatic carbocycles. The molecular weight excluding hydrogens is 422 g/mol. The number of nitrogens with zero attached hydrogens (tertiary/aromatic N) is 4. The van der Waals surface area contributed by atoms with Gasteiger partial charge in [0.1, 0.15) is 0 Å². The Bertz CT molecular complexity index is 1180. The molecule has 1 saturated heterocycles. The lowest BCUT2D eigenvalue weighted by molar-refractivity contribution is 0.173. The van der Waals surface area contributed by atoms with Crippen LogP contribution in [0.25, 0.3) is 11.3 Å². The Hall–Kier alpha value is -3.56. The summed E-state index contributed by atoms with van der Waals surface area (Å²) in [4.78, 5) is 14.2. The zero-order chi connectivity index (χ0) is 22.2. The summed E-state index contributed by atoms with van der Waals surface area (Å²) in [6, 6.07) is 14.0. The molecule has 0 saturated carbocycles. The first-order chi connectivity index (χ1) is 16.2. The van der Waals surface area contributed by atoms with Crippen LogP contribution in [-0.2, 0) is 13.1 Å². The van der Waals surface area contributed by atoms with Gasteiger partial charge >= 0.3 is 0 Å². The third-order valence-corrected chi connectivity index (χ3v) is 6.14. The molecule has 3 aliphatic rings. The summed E-state index contributed by atoms with van der Waals surface area (Å²) < 4.78 is 21.9. The largest absolute Gasteiger partial charge is 0.454 e. The predicted molar refractivity (Wildman–Crippen MR) is 122 cm³/mol. The van der Waals surface area contributed by atoms with Gasteiger partial charge in [-0.1, -0.05) is 6.07 Å². The second-order valence-electron chi connectivity index (χ2n) is 8.27. The van der Waals surface area contributed by atoms with E-state index < -0.39 is 0 Å². The molecule has 2 N–H and O–H groups in total. The molecule has 3 aliphatic heterocycles. The lowest BCUT2D eigenvalue weighted by atomic mass is 10.1. The van der Waals surface area contributed by atoms with Crippen LogP contribution in [0.4, 0.5) is 5.95 Å². The van der Waals surface area contributed by atoms with E-state index in [1.54, 1.807) is 0 Å². The minimum Gasteiger partial charge on any atom is -0.454 e. The average Bonchev–Trinajstić information content (AvgIpc) is 3.52. The van der Waals surface area contributed by atoms with Gasteiger partial charge in [0.2, 0.25) is 19.5 Å². The summed E-state index contributed by atoms with van der Waals surface area (Å²) in [6.45, 7) is 5.31. The Morgan fingerprint density at radius 2 is 1.45 bits per heavy atom. The van der Waals surface area contributed by atoms with E-state index in [9.17, 15) is 0 Å². The van der Waals surface area contributed by atoms with Gasteiger partial charge < -0.3 is 29.6 Å². The van der Waals surface area contributed by atoms with Crippen molar-refractivity contribution < 1.29 is 18.9 Å². The molecule has 0 bridgehead atoms. The van der Waals surface area contributed by atoms with Crippen LogP contribution in [0.1, 0.15) is 11.3 Å². The number of nitrogens with two attached hydrogens (primary N) is 1. The number of piperazine rings is 1. The SMILES string of the molecule is NCc1cc(-c2ccc3c(c2)OCO3)nc(N2CCN(Cc3ccc4c(c3)OCO4)CC2)n1. The Kier molecular flexibility index (Phi) is 5.12. The van der Waals surface area contributed by atoms with Gasteiger partial charge in [-0.2, -0.15) is 0 Å². The summed E-state index contributed by atoms with van der Waals surface area (Å²) >= 11 is 0. The summed E-state index contributed by atoms with van der Waals surface area (Å²) in [5.41, 5.74) is 9.78. The number of anilines is 1. The summed E-state index contributed by atoms with van der Waals surface area (Å²) in [7, 11) is 0. The maximum Gasteiger partial charge on any atom is 0.231 e. The quantitative estimate of drug-likeness (QED) is 0.632. The maximum absolute atomic E-state index is 5.95. The molecule has 170 valence electrons. The first kappa shape index (κ1) is 20.1. The molecule has 0 unspecified atom stereocenters. The fraction of sp³-hybridized carbons (Fsp3) is 0.333. The minimum atomic E-state index is 0.248. The van der Waals surface area contributed by atoms with Crippen molar-refractivity contribution in [2.75, 3.05) is 44.7 Å². The van der Waals surface area contributed by atoms with E-state index in [4.69, 9.17) is 34.6 Å². The van der Waals surface area contributed by atoms with Crippen LogP contribution in [-0.4, -0.2) is 54.6 Å². The molecule has 4 heterocycles. The van der Waals surface area contributed by atoms with Crippen LogP contribution in [0, 0.1) is 0 Å². The average molecular weight is 447 g/mol. The first-order valence-corrected chi connectivity index (χ1v) is 11.1. The van der Waals surface area contributed by atoms with Crippen LogP contribution >= 0.6 is 0 Å². The number of fused-ring (bicyclic) bond motifs is 2. The third-order valence-electron chi connectivity index (χ3n) is 6.14. The van der Waals surface area contributed by atoms with Crippen molar-refractivity contribution in [3.63, 3.8) is 0 Å². The maximum atomic E-state index is 5.95. The molecule has 2 aromatic carbocycles. The van der Waals surface area contributed by atoms with Gasteiger partial charge in [0.25, 0.3) is 0 Å². The Morgan fingerprint density at radius 3 is 2.21 bits per heavy atom. The zero-order valence-corrected chi connectivity index (χ0v) is 18.2. The monoisotopic (exact) mass is 447 g/mol. The number of hydrogen-bond donors (Lipinski definition) is 1. The van der Waals surface area contributed by atoms with Crippen LogP contribution in [0.5, 0.6) is 23.0 Å². The first-order valence-electron chi connectivity index (χ1n) is 11.1. The zero-order valence-electron chi connectivity index (χ0n) is 18.2. The topological polar surface area (TPSA) is 95.2 Å². The molecule has 0 spiro atoms. The van der Waals surface area contributed by atoms with Crippen LogP contribution < -0.4 is 29.6 Å².